The molecule has 0 spiro atoms. The lowest BCUT2D eigenvalue weighted by Crippen LogP contribution is -2.43. The van der Waals surface area contributed by atoms with Crippen molar-refractivity contribution in [3.63, 3.8) is 0 Å². The monoisotopic (exact) mass is 313 g/mol. The van der Waals surface area contributed by atoms with E-state index >= 15 is 0 Å². The van der Waals surface area contributed by atoms with E-state index in [-0.39, 0.29) is 23.3 Å². The van der Waals surface area contributed by atoms with E-state index in [0.717, 1.165) is 11.8 Å². The molecule has 1 N–H and O–H groups in total. The number of morpholine rings is 1. The predicted molar refractivity (Wildman–Crippen MR) is 80.0 cm³/mol. The minimum absolute atomic E-state index is 0.123. The molecular weight excluding hydrogens is 298 g/mol. The van der Waals surface area contributed by atoms with Crippen LogP contribution in [0, 0.1) is 0 Å². The Kier molecular flexibility index (Phi) is 4.29. The number of hydrogen-bond acceptors (Lipinski definition) is 5. The molecule has 0 saturated carbocycles. The van der Waals surface area contributed by atoms with Crippen molar-refractivity contribution in [2.75, 3.05) is 19.8 Å². The van der Waals surface area contributed by atoms with Gasteiger partial charge in [-0.2, -0.15) is 0 Å². The van der Waals surface area contributed by atoms with E-state index < -0.39 is 5.97 Å². The van der Waals surface area contributed by atoms with Gasteiger partial charge in [-0.3, -0.25) is 4.79 Å². The third kappa shape index (κ3) is 3.19. The summed E-state index contributed by atoms with van der Waals surface area (Å²) in [4.78, 5) is 32.9. The third-order valence-corrected chi connectivity index (χ3v) is 3.66. The van der Waals surface area contributed by atoms with Gasteiger partial charge in [-0.1, -0.05) is 30.3 Å². The normalized spacial score (nSPS) is 17.7. The molecule has 1 aliphatic rings. The molecule has 23 heavy (non-hydrogen) atoms. The van der Waals surface area contributed by atoms with Crippen LogP contribution in [-0.4, -0.2) is 51.6 Å². The fourth-order valence-corrected chi connectivity index (χ4v) is 2.49. The van der Waals surface area contributed by atoms with Gasteiger partial charge in [0.2, 0.25) is 0 Å². The van der Waals surface area contributed by atoms with Crippen LogP contribution in [0.4, 0.5) is 0 Å². The van der Waals surface area contributed by atoms with Crippen molar-refractivity contribution in [2.45, 2.75) is 6.04 Å². The minimum Gasteiger partial charge on any atom is -0.476 e. The third-order valence-electron chi connectivity index (χ3n) is 3.66. The second-order valence-corrected chi connectivity index (χ2v) is 5.09. The van der Waals surface area contributed by atoms with Crippen molar-refractivity contribution in [2.24, 2.45) is 0 Å². The van der Waals surface area contributed by atoms with Crippen molar-refractivity contribution in [1.82, 2.24) is 14.9 Å². The summed E-state index contributed by atoms with van der Waals surface area (Å²) in [5.41, 5.74) is 0.914. The van der Waals surface area contributed by atoms with Crippen LogP contribution in [0.15, 0.2) is 42.7 Å². The van der Waals surface area contributed by atoms with Gasteiger partial charge in [0.25, 0.3) is 5.91 Å². The molecule has 0 bridgehead atoms. The molecule has 1 atom stereocenters. The van der Waals surface area contributed by atoms with E-state index in [0.29, 0.717) is 19.8 Å². The van der Waals surface area contributed by atoms with Gasteiger partial charge in [0, 0.05) is 6.54 Å². The van der Waals surface area contributed by atoms with Crippen LogP contribution in [0.3, 0.4) is 0 Å². The molecular formula is C16H15N3O4. The zero-order valence-corrected chi connectivity index (χ0v) is 12.3. The number of aromatic carboxylic acids is 1. The van der Waals surface area contributed by atoms with E-state index in [9.17, 15) is 9.59 Å². The summed E-state index contributed by atoms with van der Waals surface area (Å²) in [6.07, 6.45) is 2.29. The standard InChI is InChI=1S/C16H15N3O4/c20-15(12-8-18-13(9-17-12)16(21)22)19-6-7-23-10-14(19)11-4-2-1-3-5-11/h1-5,8-9,14H,6-7,10H2,(H,21,22). The largest absolute Gasteiger partial charge is 0.476 e. The van der Waals surface area contributed by atoms with Gasteiger partial charge in [0.1, 0.15) is 5.69 Å². The van der Waals surface area contributed by atoms with Crippen molar-refractivity contribution in [3.05, 3.63) is 59.7 Å². The number of carbonyl (C=O) groups excluding carboxylic acids is 1. The average Bonchev–Trinajstić information content (AvgIpc) is 2.62. The molecule has 2 aromatic rings. The summed E-state index contributed by atoms with van der Waals surface area (Å²) in [7, 11) is 0. The van der Waals surface area contributed by atoms with E-state index in [2.05, 4.69) is 9.97 Å². The van der Waals surface area contributed by atoms with Crippen LogP contribution in [0.25, 0.3) is 0 Å². The van der Waals surface area contributed by atoms with Crippen molar-refractivity contribution in [1.29, 1.82) is 0 Å². The van der Waals surface area contributed by atoms with Crippen LogP contribution in [0.2, 0.25) is 0 Å². The predicted octanol–water partition coefficient (Wildman–Crippen LogP) is 1.39. The van der Waals surface area contributed by atoms with E-state index in [1.807, 2.05) is 30.3 Å². The van der Waals surface area contributed by atoms with Gasteiger partial charge in [-0.15, -0.1) is 0 Å². The molecule has 2 heterocycles. The van der Waals surface area contributed by atoms with Crippen LogP contribution >= 0.6 is 0 Å². The lowest BCUT2D eigenvalue weighted by Gasteiger charge is -2.35. The maximum absolute atomic E-state index is 12.7. The molecule has 0 radical (unpaired) electrons. The Hall–Kier alpha value is -2.80. The molecule has 1 unspecified atom stereocenters. The number of amides is 1. The molecule has 1 aromatic carbocycles. The molecule has 1 aromatic heterocycles. The van der Waals surface area contributed by atoms with E-state index in [1.54, 1.807) is 4.90 Å². The van der Waals surface area contributed by atoms with Crippen LogP contribution < -0.4 is 0 Å². The highest BCUT2D eigenvalue weighted by Gasteiger charge is 2.30. The molecule has 1 amide bonds. The van der Waals surface area contributed by atoms with Crippen LogP contribution in [0.1, 0.15) is 32.6 Å². The van der Waals surface area contributed by atoms with Gasteiger partial charge in [-0.25, -0.2) is 14.8 Å². The maximum Gasteiger partial charge on any atom is 0.356 e. The fraction of sp³-hybridized carbons (Fsp3) is 0.250. The number of rotatable bonds is 3. The number of nitrogens with zero attached hydrogens (tertiary/aromatic N) is 3. The number of benzene rings is 1. The summed E-state index contributed by atoms with van der Waals surface area (Å²) < 4.78 is 5.50. The maximum atomic E-state index is 12.7. The number of carboxylic acids is 1. The van der Waals surface area contributed by atoms with Crippen molar-refractivity contribution in [3.8, 4) is 0 Å². The zero-order valence-electron chi connectivity index (χ0n) is 12.3. The molecule has 7 nitrogen and oxygen atoms in total. The lowest BCUT2D eigenvalue weighted by molar-refractivity contribution is -0.00304. The van der Waals surface area contributed by atoms with Gasteiger partial charge >= 0.3 is 5.97 Å². The lowest BCUT2D eigenvalue weighted by atomic mass is 10.0. The number of aromatic nitrogens is 2. The van der Waals surface area contributed by atoms with Crippen molar-refractivity contribution >= 4 is 11.9 Å². The van der Waals surface area contributed by atoms with Gasteiger partial charge < -0.3 is 14.7 Å². The Morgan fingerprint density at radius 3 is 2.48 bits per heavy atom. The summed E-state index contributed by atoms with van der Waals surface area (Å²) >= 11 is 0. The summed E-state index contributed by atoms with van der Waals surface area (Å²) in [5.74, 6) is -1.46. The Labute approximate surface area is 132 Å². The molecule has 7 heteroatoms. The van der Waals surface area contributed by atoms with Crippen LogP contribution in [0.5, 0.6) is 0 Å². The first kappa shape index (κ1) is 15.1. The smallest absolute Gasteiger partial charge is 0.356 e. The molecule has 1 aliphatic heterocycles. The first-order chi connectivity index (χ1) is 11.2. The highest BCUT2D eigenvalue weighted by Crippen LogP contribution is 2.25. The van der Waals surface area contributed by atoms with Crippen molar-refractivity contribution < 1.29 is 19.4 Å². The first-order valence-corrected chi connectivity index (χ1v) is 7.16. The Morgan fingerprint density at radius 1 is 1.13 bits per heavy atom. The molecule has 1 saturated heterocycles. The van der Waals surface area contributed by atoms with Gasteiger partial charge in [0.05, 0.1) is 31.6 Å². The Morgan fingerprint density at radius 2 is 1.83 bits per heavy atom. The fourth-order valence-electron chi connectivity index (χ4n) is 2.49. The first-order valence-electron chi connectivity index (χ1n) is 7.16. The topological polar surface area (TPSA) is 92.6 Å². The van der Waals surface area contributed by atoms with Gasteiger partial charge in [0.15, 0.2) is 5.69 Å². The highest BCUT2D eigenvalue weighted by atomic mass is 16.5. The van der Waals surface area contributed by atoms with Crippen LogP contribution in [-0.2, 0) is 4.74 Å². The average molecular weight is 313 g/mol. The molecule has 0 aliphatic carbocycles. The highest BCUT2D eigenvalue weighted by molar-refractivity contribution is 5.93. The number of carbonyl (C=O) groups is 2. The Balaban J connectivity index is 1.85. The summed E-state index contributed by atoms with van der Waals surface area (Å²) in [6.45, 7) is 1.31. The number of hydrogen-bond donors (Lipinski definition) is 1. The quantitative estimate of drug-likeness (QED) is 0.920. The summed E-state index contributed by atoms with van der Waals surface area (Å²) in [6, 6.07) is 9.42. The molecule has 1 fully saturated rings. The molecule has 3 rings (SSSR count). The number of carboxylic acid groups (broad SMARTS) is 1. The Bertz CT molecular complexity index is 703. The summed E-state index contributed by atoms with van der Waals surface area (Å²) in [5, 5.41) is 8.84. The number of ether oxygens (including phenoxy) is 1. The minimum atomic E-state index is -1.18. The van der Waals surface area contributed by atoms with E-state index in [1.165, 1.54) is 6.20 Å². The second-order valence-electron chi connectivity index (χ2n) is 5.09. The zero-order chi connectivity index (χ0) is 16.2. The second kappa shape index (κ2) is 6.53. The molecule has 118 valence electrons. The SMILES string of the molecule is O=C(O)c1cnc(C(=O)N2CCOCC2c2ccccc2)cn1. The van der Waals surface area contributed by atoms with E-state index in [4.69, 9.17) is 9.84 Å². The van der Waals surface area contributed by atoms with Gasteiger partial charge in [-0.05, 0) is 5.56 Å².